The first-order chi connectivity index (χ1) is 11.5. The van der Waals surface area contributed by atoms with Gasteiger partial charge in [0.1, 0.15) is 0 Å². The van der Waals surface area contributed by atoms with Crippen molar-refractivity contribution in [3.8, 4) is 0 Å². The molecule has 1 atom stereocenters. The molecule has 6 nitrogen and oxygen atoms in total. The van der Waals surface area contributed by atoms with Crippen LogP contribution in [-0.4, -0.2) is 42.3 Å². The second-order valence-electron chi connectivity index (χ2n) is 6.26. The van der Waals surface area contributed by atoms with Crippen LogP contribution in [0.5, 0.6) is 0 Å². The van der Waals surface area contributed by atoms with Gasteiger partial charge in [0.2, 0.25) is 17.7 Å². The fraction of sp³-hybridized carbons (Fsp3) is 0.500. The van der Waals surface area contributed by atoms with Crippen LogP contribution < -0.4 is 10.6 Å². The number of nitrogens with zero attached hydrogens (tertiary/aromatic N) is 1. The third-order valence-electron chi connectivity index (χ3n) is 4.16. The lowest BCUT2D eigenvalue weighted by Gasteiger charge is -2.30. The van der Waals surface area contributed by atoms with Gasteiger partial charge in [-0.2, -0.15) is 0 Å². The third kappa shape index (κ3) is 5.68. The number of amides is 3. The van der Waals surface area contributed by atoms with E-state index in [1.54, 1.807) is 0 Å². The van der Waals surface area contributed by atoms with Crippen LogP contribution in [0, 0.1) is 5.92 Å². The highest BCUT2D eigenvalue weighted by atomic mass is 16.2. The van der Waals surface area contributed by atoms with Gasteiger partial charge in [-0.15, -0.1) is 0 Å². The van der Waals surface area contributed by atoms with Gasteiger partial charge in [0, 0.05) is 13.5 Å². The maximum Gasteiger partial charge on any atom is 0.242 e. The fourth-order valence-corrected chi connectivity index (χ4v) is 2.51. The largest absolute Gasteiger partial charge is 0.347 e. The van der Waals surface area contributed by atoms with Crippen molar-refractivity contribution in [2.45, 2.75) is 32.7 Å². The van der Waals surface area contributed by atoms with E-state index in [0.717, 1.165) is 24.9 Å². The molecule has 0 bridgehead atoms. The minimum atomic E-state index is -0.364. The molecule has 6 heteroatoms. The highest BCUT2D eigenvalue weighted by molar-refractivity contribution is 5.87. The Bertz CT molecular complexity index is 584. The van der Waals surface area contributed by atoms with Crippen molar-refractivity contribution in [1.82, 2.24) is 15.5 Å². The second kappa shape index (κ2) is 8.47. The zero-order valence-electron chi connectivity index (χ0n) is 14.2. The van der Waals surface area contributed by atoms with E-state index in [0.29, 0.717) is 5.92 Å². The van der Waals surface area contributed by atoms with Crippen molar-refractivity contribution >= 4 is 17.7 Å². The Kier molecular flexibility index (Phi) is 6.35. The molecular weight excluding hydrogens is 306 g/mol. The highest BCUT2D eigenvalue weighted by Crippen LogP contribution is 2.32. The standard InChI is InChI=1S/C18H25N3O3/c1-13(16-6-4-3-5-7-16)21(12-15-8-9-15)18(24)11-20-17(23)10-19-14(2)22/h3-7,13,15H,8-12H2,1-2H3,(H,19,22)(H,20,23)/t13-/m1/s1. The summed E-state index contributed by atoms with van der Waals surface area (Å²) in [7, 11) is 0. The SMILES string of the molecule is CC(=O)NCC(=O)NCC(=O)N(CC1CC1)[C@H](C)c1ccccc1. The van der Waals surface area contributed by atoms with Gasteiger partial charge in [0.05, 0.1) is 19.1 Å². The summed E-state index contributed by atoms with van der Waals surface area (Å²) in [4.78, 5) is 36.9. The van der Waals surface area contributed by atoms with Crippen LogP contribution in [0.15, 0.2) is 30.3 Å². The Morgan fingerprint density at radius 1 is 1.12 bits per heavy atom. The van der Waals surface area contributed by atoms with E-state index in [2.05, 4.69) is 10.6 Å². The number of rotatable bonds is 8. The lowest BCUT2D eigenvalue weighted by atomic mass is 10.1. The molecule has 0 heterocycles. The van der Waals surface area contributed by atoms with Crippen molar-refractivity contribution in [3.63, 3.8) is 0 Å². The lowest BCUT2D eigenvalue weighted by molar-refractivity contribution is -0.134. The van der Waals surface area contributed by atoms with E-state index in [4.69, 9.17) is 0 Å². The van der Waals surface area contributed by atoms with Gasteiger partial charge in [-0.25, -0.2) is 0 Å². The molecule has 1 aromatic carbocycles. The molecule has 1 aliphatic carbocycles. The monoisotopic (exact) mass is 331 g/mol. The molecule has 0 unspecified atom stereocenters. The summed E-state index contributed by atoms with van der Waals surface area (Å²) in [5.41, 5.74) is 1.08. The number of hydrogen-bond donors (Lipinski definition) is 2. The smallest absolute Gasteiger partial charge is 0.242 e. The molecule has 0 saturated heterocycles. The van der Waals surface area contributed by atoms with E-state index < -0.39 is 0 Å². The van der Waals surface area contributed by atoms with Gasteiger partial charge in [-0.05, 0) is 31.2 Å². The number of benzene rings is 1. The third-order valence-corrected chi connectivity index (χ3v) is 4.16. The minimum absolute atomic E-state index is 0.0356. The van der Waals surface area contributed by atoms with Crippen LogP contribution in [0.25, 0.3) is 0 Å². The molecule has 1 fully saturated rings. The number of carbonyl (C=O) groups excluding carboxylic acids is 3. The Hall–Kier alpha value is -2.37. The Morgan fingerprint density at radius 2 is 1.79 bits per heavy atom. The van der Waals surface area contributed by atoms with Crippen molar-refractivity contribution in [3.05, 3.63) is 35.9 Å². The Balaban J connectivity index is 1.92. The molecular formula is C18H25N3O3. The number of hydrogen-bond acceptors (Lipinski definition) is 3. The molecule has 1 aromatic rings. The van der Waals surface area contributed by atoms with Crippen molar-refractivity contribution < 1.29 is 14.4 Å². The predicted octanol–water partition coefficient (Wildman–Crippen LogP) is 1.24. The van der Waals surface area contributed by atoms with E-state index >= 15 is 0 Å². The highest BCUT2D eigenvalue weighted by Gasteiger charge is 2.30. The zero-order chi connectivity index (χ0) is 17.5. The number of carbonyl (C=O) groups is 3. The van der Waals surface area contributed by atoms with Gasteiger partial charge in [0.25, 0.3) is 0 Å². The molecule has 0 aromatic heterocycles. The average Bonchev–Trinajstić information content (AvgIpc) is 3.40. The molecule has 2 rings (SSSR count). The lowest BCUT2D eigenvalue weighted by Crippen LogP contribution is -2.44. The van der Waals surface area contributed by atoms with Gasteiger partial charge in [0.15, 0.2) is 0 Å². The van der Waals surface area contributed by atoms with Crippen molar-refractivity contribution in [2.24, 2.45) is 5.92 Å². The van der Waals surface area contributed by atoms with Gasteiger partial charge >= 0.3 is 0 Å². The van der Waals surface area contributed by atoms with Crippen LogP contribution in [-0.2, 0) is 14.4 Å². The van der Waals surface area contributed by atoms with Crippen molar-refractivity contribution in [2.75, 3.05) is 19.6 Å². The Labute approximate surface area is 142 Å². The first-order valence-corrected chi connectivity index (χ1v) is 8.33. The molecule has 1 saturated carbocycles. The average molecular weight is 331 g/mol. The van der Waals surface area contributed by atoms with Crippen LogP contribution >= 0.6 is 0 Å². The summed E-state index contributed by atoms with van der Waals surface area (Å²) in [6.45, 7) is 3.91. The summed E-state index contributed by atoms with van der Waals surface area (Å²) < 4.78 is 0. The molecule has 130 valence electrons. The van der Waals surface area contributed by atoms with E-state index in [9.17, 15) is 14.4 Å². The normalized spacial score (nSPS) is 14.6. The van der Waals surface area contributed by atoms with E-state index in [1.807, 2.05) is 42.2 Å². The first-order valence-electron chi connectivity index (χ1n) is 8.33. The van der Waals surface area contributed by atoms with E-state index in [1.165, 1.54) is 6.92 Å². The number of nitrogens with one attached hydrogen (secondary N) is 2. The quantitative estimate of drug-likeness (QED) is 0.752. The molecule has 0 aliphatic heterocycles. The van der Waals surface area contributed by atoms with Crippen LogP contribution in [0.1, 0.15) is 38.3 Å². The molecule has 0 spiro atoms. The zero-order valence-corrected chi connectivity index (χ0v) is 14.2. The van der Waals surface area contributed by atoms with Crippen LogP contribution in [0.3, 0.4) is 0 Å². The molecule has 2 N–H and O–H groups in total. The van der Waals surface area contributed by atoms with Gasteiger partial charge in [-0.3, -0.25) is 14.4 Å². The maximum atomic E-state index is 12.6. The van der Waals surface area contributed by atoms with Gasteiger partial charge in [-0.1, -0.05) is 30.3 Å². The summed E-state index contributed by atoms with van der Waals surface area (Å²) in [5.74, 6) is -0.175. The summed E-state index contributed by atoms with van der Waals surface area (Å²) in [6, 6.07) is 9.85. The van der Waals surface area contributed by atoms with Crippen LogP contribution in [0.2, 0.25) is 0 Å². The molecule has 1 aliphatic rings. The van der Waals surface area contributed by atoms with Gasteiger partial charge < -0.3 is 15.5 Å². The topological polar surface area (TPSA) is 78.5 Å². The summed E-state index contributed by atoms with van der Waals surface area (Å²) in [5, 5.41) is 4.99. The van der Waals surface area contributed by atoms with Crippen molar-refractivity contribution in [1.29, 1.82) is 0 Å². The summed E-state index contributed by atoms with van der Waals surface area (Å²) in [6.07, 6.45) is 2.31. The maximum absolute atomic E-state index is 12.6. The molecule has 0 radical (unpaired) electrons. The molecule has 24 heavy (non-hydrogen) atoms. The van der Waals surface area contributed by atoms with Crippen LogP contribution in [0.4, 0.5) is 0 Å². The predicted molar refractivity (Wildman–Crippen MR) is 91.0 cm³/mol. The Morgan fingerprint density at radius 3 is 2.38 bits per heavy atom. The van der Waals surface area contributed by atoms with E-state index in [-0.39, 0.29) is 36.9 Å². The fourth-order valence-electron chi connectivity index (χ4n) is 2.51. The second-order valence-corrected chi connectivity index (χ2v) is 6.26. The minimum Gasteiger partial charge on any atom is -0.347 e. The first kappa shape index (κ1) is 18.0. The molecule has 3 amide bonds. The summed E-state index contributed by atoms with van der Waals surface area (Å²) >= 11 is 0.